The molecule has 0 saturated carbocycles. The number of amides is 2. The Morgan fingerprint density at radius 3 is 2.83 bits per heavy atom. The summed E-state index contributed by atoms with van der Waals surface area (Å²) in [7, 11) is 1.63. The van der Waals surface area contributed by atoms with Crippen molar-refractivity contribution in [2.24, 2.45) is 7.05 Å². The van der Waals surface area contributed by atoms with Crippen molar-refractivity contribution in [2.45, 2.75) is 6.04 Å². The maximum atomic E-state index is 12.2. The van der Waals surface area contributed by atoms with Crippen LogP contribution < -0.4 is 5.32 Å². The quantitative estimate of drug-likeness (QED) is 0.662. The van der Waals surface area contributed by atoms with Crippen molar-refractivity contribution in [3.8, 4) is 0 Å². The van der Waals surface area contributed by atoms with Gasteiger partial charge in [0.25, 0.3) is 5.91 Å². The number of hydrogen-bond acceptors (Lipinski definition) is 4. The first kappa shape index (κ1) is 12.1. The number of piperazine rings is 1. The fraction of sp³-hybridized carbons (Fsp3) is 0.400. The Bertz CT molecular complexity index is 510. The number of carbonyl (C=O) groups is 3. The number of aromatic nitrogens is 2. The van der Waals surface area contributed by atoms with Crippen LogP contribution in [0.1, 0.15) is 10.5 Å². The lowest BCUT2D eigenvalue weighted by molar-refractivity contribution is -0.144. The normalized spacial score (nSPS) is 19.5. The van der Waals surface area contributed by atoms with E-state index in [1.807, 2.05) is 0 Å². The summed E-state index contributed by atoms with van der Waals surface area (Å²) in [5.41, 5.74) is 0.246. The minimum atomic E-state index is -1.15. The molecule has 2 amide bonds. The molecule has 2 rings (SSSR count). The largest absolute Gasteiger partial charge is 0.480 e. The van der Waals surface area contributed by atoms with Crippen molar-refractivity contribution >= 4 is 17.8 Å². The first-order valence-electron chi connectivity index (χ1n) is 5.27. The highest BCUT2D eigenvalue weighted by atomic mass is 16.4. The van der Waals surface area contributed by atoms with Gasteiger partial charge in [0.2, 0.25) is 5.91 Å². The maximum Gasteiger partial charge on any atom is 0.328 e. The van der Waals surface area contributed by atoms with Gasteiger partial charge in [-0.05, 0) is 0 Å². The number of nitrogens with zero attached hydrogens (tertiary/aromatic N) is 3. The third-order valence-electron chi connectivity index (χ3n) is 2.76. The summed E-state index contributed by atoms with van der Waals surface area (Å²) in [6, 6.07) is -1.05. The van der Waals surface area contributed by atoms with Gasteiger partial charge in [0, 0.05) is 13.6 Å². The van der Waals surface area contributed by atoms with Crippen molar-refractivity contribution in [1.29, 1.82) is 0 Å². The lowest BCUT2D eigenvalue weighted by atomic mass is 10.1. The highest BCUT2D eigenvalue weighted by Gasteiger charge is 2.36. The van der Waals surface area contributed by atoms with Crippen molar-refractivity contribution in [3.05, 3.63) is 18.2 Å². The van der Waals surface area contributed by atoms with Crippen LogP contribution in [0.15, 0.2) is 12.5 Å². The molecule has 1 fully saturated rings. The summed E-state index contributed by atoms with van der Waals surface area (Å²) < 4.78 is 1.48. The van der Waals surface area contributed by atoms with E-state index in [4.69, 9.17) is 5.11 Å². The molecule has 1 unspecified atom stereocenters. The monoisotopic (exact) mass is 252 g/mol. The molecule has 2 N–H and O–H groups in total. The third-order valence-corrected chi connectivity index (χ3v) is 2.76. The molecule has 0 aromatic carbocycles. The van der Waals surface area contributed by atoms with Crippen LogP contribution in [0.2, 0.25) is 0 Å². The minimum Gasteiger partial charge on any atom is -0.480 e. The first-order chi connectivity index (χ1) is 8.50. The Labute approximate surface area is 102 Å². The van der Waals surface area contributed by atoms with E-state index in [0.29, 0.717) is 0 Å². The Morgan fingerprint density at radius 1 is 1.56 bits per heavy atom. The number of carbonyl (C=O) groups excluding carboxylic acids is 2. The molecule has 96 valence electrons. The highest BCUT2D eigenvalue weighted by molar-refractivity contribution is 5.98. The number of nitrogens with one attached hydrogen (secondary N) is 1. The predicted octanol–water partition coefficient (Wildman–Crippen LogP) is -1.55. The average Bonchev–Trinajstić information content (AvgIpc) is 2.74. The SMILES string of the molecule is Cn1cncc1C(=O)N1CC(=O)NCC1C(=O)O. The van der Waals surface area contributed by atoms with Crippen LogP contribution in [0.5, 0.6) is 0 Å². The lowest BCUT2D eigenvalue weighted by Crippen LogP contribution is -2.59. The topological polar surface area (TPSA) is 105 Å². The van der Waals surface area contributed by atoms with Crippen LogP contribution in [0, 0.1) is 0 Å². The van der Waals surface area contributed by atoms with E-state index in [9.17, 15) is 14.4 Å². The van der Waals surface area contributed by atoms with E-state index in [0.717, 1.165) is 4.90 Å². The van der Waals surface area contributed by atoms with Crippen LogP contribution in [0.3, 0.4) is 0 Å². The number of carboxylic acids is 1. The van der Waals surface area contributed by atoms with Crippen LogP contribution >= 0.6 is 0 Å². The van der Waals surface area contributed by atoms with Gasteiger partial charge in [0.15, 0.2) is 0 Å². The summed E-state index contributed by atoms with van der Waals surface area (Å²) in [6.45, 7) is -0.348. The summed E-state index contributed by atoms with van der Waals surface area (Å²) in [5.74, 6) is -2.04. The maximum absolute atomic E-state index is 12.2. The molecule has 1 aliphatic heterocycles. The van der Waals surface area contributed by atoms with Crippen molar-refractivity contribution in [3.63, 3.8) is 0 Å². The van der Waals surface area contributed by atoms with E-state index in [2.05, 4.69) is 10.3 Å². The van der Waals surface area contributed by atoms with E-state index in [-0.39, 0.29) is 24.7 Å². The van der Waals surface area contributed by atoms with Crippen LogP contribution in [-0.4, -0.2) is 56.5 Å². The molecule has 1 aromatic rings. The molecule has 0 aliphatic carbocycles. The van der Waals surface area contributed by atoms with Gasteiger partial charge in [-0.1, -0.05) is 0 Å². The smallest absolute Gasteiger partial charge is 0.328 e. The van der Waals surface area contributed by atoms with Gasteiger partial charge < -0.3 is 19.9 Å². The Morgan fingerprint density at radius 2 is 2.28 bits per heavy atom. The second-order valence-electron chi connectivity index (χ2n) is 3.98. The van der Waals surface area contributed by atoms with Gasteiger partial charge in [-0.2, -0.15) is 0 Å². The summed E-state index contributed by atoms with van der Waals surface area (Å²) >= 11 is 0. The van der Waals surface area contributed by atoms with Gasteiger partial charge in [-0.25, -0.2) is 9.78 Å². The molecule has 0 radical (unpaired) electrons. The molecule has 18 heavy (non-hydrogen) atoms. The predicted molar refractivity (Wildman–Crippen MR) is 58.7 cm³/mol. The lowest BCUT2D eigenvalue weighted by Gasteiger charge is -2.32. The zero-order valence-corrected chi connectivity index (χ0v) is 9.66. The van der Waals surface area contributed by atoms with Crippen molar-refractivity contribution in [2.75, 3.05) is 13.1 Å². The average molecular weight is 252 g/mol. The van der Waals surface area contributed by atoms with E-state index in [1.54, 1.807) is 7.05 Å². The molecule has 1 aliphatic rings. The summed E-state index contributed by atoms with van der Waals surface area (Å²) in [6.07, 6.45) is 2.78. The molecular formula is C10H12N4O4. The molecule has 0 spiro atoms. The second kappa shape index (κ2) is 4.47. The minimum absolute atomic E-state index is 0.0856. The molecule has 0 bridgehead atoms. The van der Waals surface area contributed by atoms with E-state index in [1.165, 1.54) is 17.1 Å². The number of hydrogen-bond donors (Lipinski definition) is 2. The van der Waals surface area contributed by atoms with Gasteiger partial charge in [-0.3, -0.25) is 9.59 Å². The molecule has 1 atom stereocenters. The number of aliphatic carboxylic acids is 1. The highest BCUT2D eigenvalue weighted by Crippen LogP contribution is 2.10. The fourth-order valence-corrected chi connectivity index (χ4v) is 1.79. The molecular weight excluding hydrogens is 240 g/mol. The van der Waals surface area contributed by atoms with Gasteiger partial charge in [-0.15, -0.1) is 0 Å². The third kappa shape index (κ3) is 2.04. The van der Waals surface area contributed by atoms with Crippen molar-refractivity contribution < 1.29 is 19.5 Å². The van der Waals surface area contributed by atoms with Gasteiger partial charge in [0.05, 0.1) is 12.5 Å². The Hall–Kier alpha value is -2.38. The number of carboxylic acid groups (broad SMARTS) is 1. The van der Waals surface area contributed by atoms with Crippen molar-refractivity contribution in [1.82, 2.24) is 19.8 Å². The Balaban J connectivity index is 2.28. The number of imidazole rings is 1. The second-order valence-corrected chi connectivity index (χ2v) is 3.98. The molecule has 1 aromatic heterocycles. The molecule has 8 heteroatoms. The van der Waals surface area contributed by atoms with Gasteiger partial charge >= 0.3 is 5.97 Å². The van der Waals surface area contributed by atoms with E-state index < -0.39 is 17.9 Å². The number of aryl methyl sites for hydroxylation is 1. The van der Waals surface area contributed by atoms with Gasteiger partial charge in [0.1, 0.15) is 18.3 Å². The number of rotatable bonds is 2. The summed E-state index contributed by atoms with van der Waals surface area (Å²) in [4.78, 5) is 39.3. The molecule has 1 saturated heterocycles. The first-order valence-corrected chi connectivity index (χ1v) is 5.27. The fourth-order valence-electron chi connectivity index (χ4n) is 1.79. The standard InChI is InChI=1S/C10H12N4O4/c1-13-5-11-2-6(13)9(16)14-4-8(15)12-3-7(14)10(17)18/h2,5,7H,3-4H2,1H3,(H,12,15)(H,17,18). The zero-order valence-electron chi connectivity index (χ0n) is 9.66. The zero-order chi connectivity index (χ0) is 13.3. The van der Waals surface area contributed by atoms with Crippen LogP contribution in [0.4, 0.5) is 0 Å². The molecule has 8 nitrogen and oxygen atoms in total. The Kier molecular flexibility index (Phi) is 3.00. The van der Waals surface area contributed by atoms with Crippen LogP contribution in [-0.2, 0) is 16.6 Å². The van der Waals surface area contributed by atoms with E-state index >= 15 is 0 Å². The van der Waals surface area contributed by atoms with Crippen LogP contribution in [0.25, 0.3) is 0 Å². The summed E-state index contributed by atoms with van der Waals surface area (Å²) in [5, 5.41) is 11.5. The molecule has 2 heterocycles.